The molecule has 2 heterocycles. The highest BCUT2D eigenvalue weighted by Gasteiger charge is 2.24. The first-order chi connectivity index (χ1) is 10.2. The monoisotopic (exact) mass is 335 g/mol. The zero-order chi connectivity index (χ0) is 14.4. The van der Waals surface area contributed by atoms with E-state index in [1.807, 2.05) is 24.3 Å². The van der Waals surface area contributed by atoms with Gasteiger partial charge in [0.1, 0.15) is 10.6 Å². The number of aromatic nitrogens is 2. The molecule has 2 aromatic heterocycles. The van der Waals surface area contributed by atoms with E-state index in [9.17, 15) is 0 Å². The lowest BCUT2D eigenvalue weighted by molar-refractivity contribution is 1.11. The van der Waals surface area contributed by atoms with Gasteiger partial charge in [-0.2, -0.15) is 0 Å². The third kappa shape index (κ3) is 2.59. The van der Waals surface area contributed by atoms with Gasteiger partial charge in [-0.3, -0.25) is 0 Å². The molecule has 0 spiro atoms. The van der Waals surface area contributed by atoms with Gasteiger partial charge < -0.3 is 5.32 Å². The van der Waals surface area contributed by atoms with Crippen molar-refractivity contribution in [1.29, 1.82) is 0 Å². The Morgan fingerprint density at radius 3 is 2.57 bits per heavy atom. The minimum absolute atomic E-state index is 0.287. The molecule has 0 atom stereocenters. The number of fused-ring (bicyclic) bond motifs is 1. The standard InChI is InChI=1S/C15H11Cl2N3S/c16-9-3-1-8(2-4-9)11-7-21-14-12(11)13(18-10-5-6-10)19-15(17)20-14/h1-4,7,10H,5-6H2,(H,18,19,20). The topological polar surface area (TPSA) is 37.8 Å². The number of anilines is 1. The second kappa shape index (κ2) is 5.13. The Balaban J connectivity index is 1.90. The summed E-state index contributed by atoms with van der Waals surface area (Å²) in [6.45, 7) is 0. The largest absolute Gasteiger partial charge is 0.367 e. The Labute approximate surface area is 135 Å². The van der Waals surface area contributed by atoms with E-state index in [1.54, 1.807) is 11.3 Å². The van der Waals surface area contributed by atoms with Gasteiger partial charge in [0.05, 0.1) is 5.39 Å². The average molecular weight is 336 g/mol. The first-order valence-corrected chi connectivity index (χ1v) is 8.31. The normalized spacial score (nSPS) is 14.6. The van der Waals surface area contributed by atoms with Crippen LogP contribution in [0.15, 0.2) is 29.6 Å². The highest BCUT2D eigenvalue weighted by molar-refractivity contribution is 7.17. The predicted octanol–water partition coefficient (Wildman–Crippen LogP) is 5.24. The fourth-order valence-electron chi connectivity index (χ4n) is 2.28. The van der Waals surface area contributed by atoms with Gasteiger partial charge in [-0.25, -0.2) is 9.97 Å². The van der Waals surface area contributed by atoms with Gasteiger partial charge in [-0.1, -0.05) is 23.7 Å². The van der Waals surface area contributed by atoms with Crippen LogP contribution < -0.4 is 5.32 Å². The van der Waals surface area contributed by atoms with Crippen molar-refractivity contribution in [3.8, 4) is 11.1 Å². The summed E-state index contributed by atoms with van der Waals surface area (Å²) in [5.41, 5.74) is 2.22. The van der Waals surface area contributed by atoms with Crippen LogP contribution in [0.2, 0.25) is 10.3 Å². The zero-order valence-electron chi connectivity index (χ0n) is 10.9. The summed E-state index contributed by atoms with van der Waals surface area (Å²) in [6, 6.07) is 8.33. The number of hydrogen-bond donors (Lipinski definition) is 1. The third-order valence-corrected chi connectivity index (χ3v) is 4.77. The Morgan fingerprint density at radius 2 is 1.86 bits per heavy atom. The number of thiophene rings is 1. The Bertz CT molecular complexity index is 810. The maximum atomic E-state index is 6.03. The van der Waals surface area contributed by atoms with E-state index in [1.165, 1.54) is 12.8 Å². The summed E-state index contributed by atoms with van der Waals surface area (Å²) in [5.74, 6) is 0.832. The summed E-state index contributed by atoms with van der Waals surface area (Å²) in [7, 11) is 0. The average Bonchev–Trinajstić information content (AvgIpc) is 3.17. The van der Waals surface area contributed by atoms with Crippen molar-refractivity contribution in [1.82, 2.24) is 9.97 Å². The smallest absolute Gasteiger partial charge is 0.225 e. The highest BCUT2D eigenvalue weighted by Crippen LogP contribution is 2.39. The van der Waals surface area contributed by atoms with Crippen molar-refractivity contribution in [2.24, 2.45) is 0 Å². The molecule has 0 saturated heterocycles. The minimum Gasteiger partial charge on any atom is -0.367 e. The summed E-state index contributed by atoms with van der Waals surface area (Å²) in [6.07, 6.45) is 2.37. The van der Waals surface area contributed by atoms with Crippen molar-refractivity contribution >= 4 is 50.6 Å². The molecule has 0 amide bonds. The molecule has 6 heteroatoms. The van der Waals surface area contributed by atoms with Crippen LogP contribution in [0.25, 0.3) is 21.3 Å². The van der Waals surface area contributed by atoms with Crippen molar-refractivity contribution in [3.63, 3.8) is 0 Å². The third-order valence-electron chi connectivity index (χ3n) is 3.48. The molecule has 3 aromatic rings. The lowest BCUT2D eigenvalue weighted by Gasteiger charge is -2.08. The number of halogens is 2. The highest BCUT2D eigenvalue weighted by atomic mass is 35.5. The van der Waals surface area contributed by atoms with Crippen molar-refractivity contribution in [3.05, 3.63) is 40.0 Å². The van der Waals surface area contributed by atoms with E-state index >= 15 is 0 Å². The van der Waals surface area contributed by atoms with Gasteiger partial charge in [-0.15, -0.1) is 11.3 Å². The Hall–Kier alpha value is -1.36. The summed E-state index contributed by atoms with van der Waals surface area (Å²) < 4.78 is 0. The number of hydrogen-bond acceptors (Lipinski definition) is 4. The summed E-state index contributed by atoms with van der Waals surface area (Å²) in [5, 5.41) is 7.60. The molecule has 1 aromatic carbocycles. The number of benzene rings is 1. The van der Waals surface area contributed by atoms with E-state index in [0.29, 0.717) is 6.04 Å². The molecule has 0 bridgehead atoms. The van der Waals surface area contributed by atoms with Crippen LogP contribution in [0.4, 0.5) is 5.82 Å². The molecule has 1 N–H and O–H groups in total. The minimum atomic E-state index is 0.287. The van der Waals surface area contributed by atoms with Gasteiger partial charge in [0, 0.05) is 22.0 Å². The van der Waals surface area contributed by atoms with Gasteiger partial charge in [-0.05, 0) is 42.1 Å². The SMILES string of the molecule is Clc1ccc(-c2csc3nc(Cl)nc(NC4CC4)c23)cc1. The van der Waals surface area contributed by atoms with Crippen molar-refractivity contribution < 1.29 is 0 Å². The molecular formula is C15H11Cl2N3S. The van der Waals surface area contributed by atoms with E-state index in [-0.39, 0.29) is 5.28 Å². The van der Waals surface area contributed by atoms with Gasteiger partial charge in [0.25, 0.3) is 0 Å². The second-order valence-corrected chi connectivity index (χ2v) is 6.73. The molecule has 0 unspecified atom stereocenters. The quantitative estimate of drug-likeness (QED) is 0.665. The number of rotatable bonds is 3. The van der Waals surface area contributed by atoms with E-state index in [4.69, 9.17) is 23.2 Å². The number of nitrogens with zero attached hydrogens (tertiary/aromatic N) is 2. The zero-order valence-corrected chi connectivity index (χ0v) is 13.3. The molecule has 1 fully saturated rings. The van der Waals surface area contributed by atoms with Crippen LogP contribution >= 0.6 is 34.5 Å². The van der Waals surface area contributed by atoms with Crippen LogP contribution in [-0.4, -0.2) is 16.0 Å². The van der Waals surface area contributed by atoms with Crippen molar-refractivity contribution in [2.45, 2.75) is 18.9 Å². The molecule has 0 aliphatic heterocycles. The van der Waals surface area contributed by atoms with Crippen LogP contribution in [0, 0.1) is 0 Å². The van der Waals surface area contributed by atoms with Gasteiger partial charge >= 0.3 is 0 Å². The Morgan fingerprint density at radius 1 is 1.10 bits per heavy atom. The molecular weight excluding hydrogens is 325 g/mol. The van der Waals surface area contributed by atoms with Gasteiger partial charge in [0.2, 0.25) is 5.28 Å². The molecule has 1 aliphatic carbocycles. The van der Waals surface area contributed by atoms with E-state index in [2.05, 4.69) is 20.7 Å². The second-order valence-electron chi connectivity index (χ2n) is 5.10. The first-order valence-electron chi connectivity index (χ1n) is 6.68. The molecule has 4 rings (SSSR count). The molecule has 21 heavy (non-hydrogen) atoms. The predicted molar refractivity (Wildman–Crippen MR) is 89.5 cm³/mol. The van der Waals surface area contributed by atoms with Crippen LogP contribution in [-0.2, 0) is 0 Å². The van der Waals surface area contributed by atoms with Crippen LogP contribution in [0.1, 0.15) is 12.8 Å². The van der Waals surface area contributed by atoms with E-state index in [0.717, 1.165) is 32.2 Å². The fourth-order valence-corrected chi connectivity index (χ4v) is 3.58. The van der Waals surface area contributed by atoms with Crippen molar-refractivity contribution in [2.75, 3.05) is 5.32 Å². The molecule has 1 saturated carbocycles. The number of nitrogens with one attached hydrogen (secondary N) is 1. The lowest BCUT2D eigenvalue weighted by atomic mass is 10.1. The maximum Gasteiger partial charge on any atom is 0.225 e. The molecule has 0 radical (unpaired) electrons. The molecule has 1 aliphatic rings. The summed E-state index contributed by atoms with van der Waals surface area (Å²) in [4.78, 5) is 9.62. The fraction of sp³-hybridized carbons (Fsp3) is 0.200. The first kappa shape index (κ1) is 13.3. The molecule has 3 nitrogen and oxygen atoms in total. The maximum absolute atomic E-state index is 6.03. The lowest BCUT2D eigenvalue weighted by Crippen LogP contribution is -2.04. The summed E-state index contributed by atoms with van der Waals surface area (Å²) >= 11 is 13.6. The van der Waals surface area contributed by atoms with Gasteiger partial charge in [0.15, 0.2) is 0 Å². The van der Waals surface area contributed by atoms with E-state index < -0.39 is 0 Å². The molecule has 106 valence electrons. The van der Waals surface area contributed by atoms with Crippen LogP contribution in [0.5, 0.6) is 0 Å². The Kier molecular flexibility index (Phi) is 3.25. The van der Waals surface area contributed by atoms with Crippen LogP contribution in [0.3, 0.4) is 0 Å².